The average molecular weight is 270 g/mol. The van der Waals surface area contributed by atoms with Crippen molar-refractivity contribution >= 4 is 0 Å². The molecule has 0 heterocycles. The Labute approximate surface area is 125 Å². The van der Waals surface area contributed by atoms with E-state index in [1.165, 1.54) is 6.42 Å². The van der Waals surface area contributed by atoms with Crippen molar-refractivity contribution in [3.63, 3.8) is 0 Å². The van der Waals surface area contributed by atoms with Gasteiger partial charge >= 0.3 is 0 Å². The summed E-state index contributed by atoms with van der Waals surface area (Å²) in [6, 6.07) is 18.2. The molecule has 0 amide bonds. The molecule has 0 saturated heterocycles. The van der Waals surface area contributed by atoms with Crippen LogP contribution < -0.4 is 0 Å². The van der Waals surface area contributed by atoms with E-state index in [0.717, 1.165) is 5.92 Å². The fourth-order valence-electron chi connectivity index (χ4n) is 4.89. The summed E-state index contributed by atoms with van der Waals surface area (Å²) in [5, 5.41) is 0. The van der Waals surface area contributed by atoms with Gasteiger partial charge in [0.15, 0.2) is 0 Å². The summed E-state index contributed by atoms with van der Waals surface area (Å²) in [7, 11) is 0. The maximum atomic E-state index is 2.46. The first kappa shape index (κ1) is 11.6. The molecular formula is C21H18. The Morgan fingerprint density at radius 3 is 1.86 bits per heavy atom. The molecule has 4 aliphatic rings. The Kier molecular flexibility index (Phi) is 2.32. The molecule has 0 aromatic heterocycles. The molecular weight excluding hydrogens is 252 g/mol. The molecule has 0 nitrogen and oxygen atoms in total. The van der Waals surface area contributed by atoms with Crippen molar-refractivity contribution in [2.24, 2.45) is 11.8 Å². The van der Waals surface area contributed by atoms with Gasteiger partial charge in [-0.3, -0.25) is 0 Å². The summed E-state index contributed by atoms with van der Waals surface area (Å²) in [4.78, 5) is 0. The lowest BCUT2D eigenvalue weighted by molar-refractivity contribution is 0.282. The SMILES string of the molecule is C1=CCC2C3c4ccccc4C(c4ccccc43)C2C=C1. The van der Waals surface area contributed by atoms with Crippen LogP contribution in [0.4, 0.5) is 0 Å². The topological polar surface area (TPSA) is 0 Å². The summed E-state index contributed by atoms with van der Waals surface area (Å²) in [5.74, 6) is 2.48. The number of rotatable bonds is 0. The van der Waals surface area contributed by atoms with Gasteiger partial charge in [0.05, 0.1) is 0 Å². The van der Waals surface area contributed by atoms with Crippen molar-refractivity contribution in [1.82, 2.24) is 0 Å². The quantitative estimate of drug-likeness (QED) is 0.630. The molecule has 0 N–H and O–H groups in total. The van der Waals surface area contributed by atoms with Gasteiger partial charge in [0.2, 0.25) is 0 Å². The Hall–Kier alpha value is -2.08. The Bertz CT molecular complexity index is 718. The van der Waals surface area contributed by atoms with Crippen LogP contribution in [-0.4, -0.2) is 0 Å². The molecule has 2 aromatic rings. The fourth-order valence-corrected chi connectivity index (χ4v) is 4.89. The van der Waals surface area contributed by atoms with Crippen LogP contribution >= 0.6 is 0 Å². The standard InChI is InChI=1S/C21H18/c1-2-8-14-15(9-3-1)21-18-12-6-4-10-16(18)20(14)17-11-5-7-13-19(17)21/h1-8,10-15,20-21H,9H2. The van der Waals surface area contributed by atoms with Crippen LogP contribution in [0.2, 0.25) is 0 Å². The van der Waals surface area contributed by atoms with Crippen molar-refractivity contribution < 1.29 is 0 Å². The molecule has 0 radical (unpaired) electrons. The third-order valence-corrected chi connectivity index (χ3v) is 5.63. The molecule has 6 rings (SSSR count). The smallest absolute Gasteiger partial charge is 0.0161 e. The van der Waals surface area contributed by atoms with Crippen LogP contribution in [0.25, 0.3) is 0 Å². The molecule has 2 unspecified atom stereocenters. The van der Waals surface area contributed by atoms with E-state index in [-0.39, 0.29) is 0 Å². The van der Waals surface area contributed by atoms with Gasteiger partial charge < -0.3 is 0 Å². The van der Waals surface area contributed by atoms with Gasteiger partial charge in [-0.15, -0.1) is 0 Å². The number of hydrogen-bond donors (Lipinski definition) is 0. The highest BCUT2D eigenvalue weighted by Crippen LogP contribution is 2.59. The second-order valence-electron chi connectivity index (χ2n) is 6.50. The highest BCUT2D eigenvalue weighted by Gasteiger charge is 2.47. The Morgan fingerprint density at radius 2 is 1.24 bits per heavy atom. The molecule has 4 aliphatic carbocycles. The van der Waals surface area contributed by atoms with Gasteiger partial charge in [-0.1, -0.05) is 72.8 Å². The van der Waals surface area contributed by atoms with E-state index in [2.05, 4.69) is 72.8 Å². The second kappa shape index (κ2) is 4.21. The zero-order valence-corrected chi connectivity index (χ0v) is 11.9. The van der Waals surface area contributed by atoms with Crippen molar-refractivity contribution in [1.29, 1.82) is 0 Å². The predicted octanol–water partition coefficient (Wildman–Crippen LogP) is 5.03. The van der Waals surface area contributed by atoms with Crippen LogP contribution in [0.3, 0.4) is 0 Å². The molecule has 2 bridgehead atoms. The molecule has 2 atom stereocenters. The first-order chi connectivity index (χ1) is 10.4. The van der Waals surface area contributed by atoms with E-state index in [1.807, 2.05) is 0 Å². The molecule has 0 aliphatic heterocycles. The molecule has 0 heteroatoms. The van der Waals surface area contributed by atoms with Crippen LogP contribution in [0.1, 0.15) is 40.5 Å². The van der Waals surface area contributed by atoms with Crippen LogP contribution in [0, 0.1) is 11.8 Å². The largest absolute Gasteiger partial charge is 0.0842 e. The molecule has 21 heavy (non-hydrogen) atoms. The second-order valence-corrected chi connectivity index (χ2v) is 6.50. The van der Waals surface area contributed by atoms with Gasteiger partial charge in [0, 0.05) is 11.8 Å². The Balaban J connectivity index is 1.83. The van der Waals surface area contributed by atoms with Gasteiger partial charge in [-0.05, 0) is 40.5 Å². The maximum Gasteiger partial charge on any atom is 0.0161 e. The third-order valence-electron chi connectivity index (χ3n) is 5.63. The predicted molar refractivity (Wildman–Crippen MR) is 86.4 cm³/mol. The van der Waals surface area contributed by atoms with E-state index in [0.29, 0.717) is 17.8 Å². The summed E-state index contributed by atoms with van der Waals surface area (Å²) < 4.78 is 0. The van der Waals surface area contributed by atoms with Crippen molar-refractivity contribution in [2.45, 2.75) is 18.3 Å². The summed E-state index contributed by atoms with van der Waals surface area (Å²) in [6.45, 7) is 0. The molecule has 0 saturated carbocycles. The Morgan fingerprint density at radius 1 is 0.667 bits per heavy atom. The monoisotopic (exact) mass is 270 g/mol. The average Bonchev–Trinajstić information content (AvgIpc) is 2.80. The molecule has 102 valence electrons. The highest BCUT2D eigenvalue weighted by atomic mass is 14.5. The number of hydrogen-bond acceptors (Lipinski definition) is 0. The lowest BCUT2D eigenvalue weighted by Crippen LogP contribution is -2.38. The number of allylic oxidation sites excluding steroid dienone is 4. The molecule has 0 fully saturated rings. The minimum Gasteiger partial charge on any atom is -0.0842 e. The maximum absolute atomic E-state index is 2.46. The molecule has 0 spiro atoms. The van der Waals surface area contributed by atoms with E-state index in [9.17, 15) is 0 Å². The summed E-state index contributed by atoms with van der Waals surface area (Å²) in [6.07, 6.45) is 10.5. The van der Waals surface area contributed by atoms with Gasteiger partial charge in [-0.25, -0.2) is 0 Å². The first-order valence-corrected chi connectivity index (χ1v) is 7.96. The zero-order chi connectivity index (χ0) is 13.8. The summed E-state index contributed by atoms with van der Waals surface area (Å²) >= 11 is 0. The van der Waals surface area contributed by atoms with E-state index >= 15 is 0 Å². The van der Waals surface area contributed by atoms with Crippen molar-refractivity contribution in [3.05, 3.63) is 95.1 Å². The van der Waals surface area contributed by atoms with Crippen molar-refractivity contribution in [3.8, 4) is 0 Å². The third kappa shape index (κ3) is 1.45. The lowest BCUT2D eigenvalue weighted by Gasteiger charge is -2.49. The van der Waals surface area contributed by atoms with Crippen LogP contribution in [0.15, 0.2) is 72.8 Å². The summed E-state index contributed by atoms with van der Waals surface area (Å²) in [5.41, 5.74) is 6.28. The minimum atomic E-state index is 0.545. The van der Waals surface area contributed by atoms with Gasteiger partial charge in [0.25, 0.3) is 0 Å². The minimum absolute atomic E-state index is 0.545. The van der Waals surface area contributed by atoms with Crippen molar-refractivity contribution in [2.75, 3.05) is 0 Å². The molecule has 2 aromatic carbocycles. The zero-order valence-electron chi connectivity index (χ0n) is 11.9. The van der Waals surface area contributed by atoms with Gasteiger partial charge in [-0.2, -0.15) is 0 Å². The lowest BCUT2D eigenvalue weighted by atomic mass is 9.54. The van der Waals surface area contributed by atoms with E-state index in [4.69, 9.17) is 0 Å². The highest BCUT2D eigenvalue weighted by molar-refractivity contribution is 5.57. The fraction of sp³-hybridized carbons (Fsp3) is 0.238. The van der Waals surface area contributed by atoms with Gasteiger partial charge in [0.1, 0.15) is 0 Å². The van der Waals surface area contributed by atoms with Crippen LogP contribution in [-0.2, 0) is 0 Å². The number of benzene rings is 2. The van der Waals surface area contributed by atoms with E-state index < -0.39 is 0 Å². The van der Waals surface area contributed by atoms with Crippen LogP contribution in [0.5, 0.6) is 0 Å². The van der Waals surface area contributed by atoms with E-state index in [1.54, 1.807) is 22.3 Å². The normalized spacial score (nSPS) is 31.2. The first-order valence-electron chi connectivity index (χ1n) is 7.96.